The zero-order valence-corrected chi connectivity index (χ0v) is 18.7. The number of piperazine rings is 1. The van der Waals surface area contributed by atoms with E-state index in [4.69, 9.17) is 5.73 Å². The third-order valence-electron chi connectivity index (χ3n) is 7.55. The number of nitrogens with zero attached hydrogens (tertiary/aromatic N) is 5. The van der Waals surface area contributed by atoms with Crippen LogP contribution in [0.1, 0.15) is 29.7 Å². The molecule has 2 N–H and O–H groups in total. The first-order valence-corrected chi connectivity index (χ1v) is 11.6. The van der Waals surface area contributed by atoms with E-state index in [9.17, 15) is 9.65 Å². The molecule has 2 fully saturated rings. The average molecular weight is 443 g/mol. The SMILES string of the molecule is C[C@@H]1CN(c2ccc(C#N)c3ncccc23)C[C@@H]2c3ccc(N4C[C@@H](N)[C@@H](F)C4)cc3CN12. The minimum Gasteiger partial charge on any atom is -0.368 e. The smallest absolute Gasteiger partial charge is 0.134 e. The number of nitriles is 1. The van der Waals surface area contributed by atoms with Gasteiger partial charge in [0.25, 0.3) is 0 Å². The van der Waals surface area contributed by atoms with E-state index >= 15 is 0 Å². The Balaban J connectivity index is 1.32. The molecule has 0 unspecified atom stereocenters. The predicted octanol–water partition coefficient (Wildman–Crippen LogP) is 3.36. The van der Waals surface area contributed by atoms with E-state index in [-0.39, 0.29) is 0 Å². The summed E-state index contributed by atoms with van der Waals surface area (Å²) in [7, 11) is 0. The Morgan fingerprint density at radius 1 is 1.09 bits per heavy atom. The van der Waals surface area contributed by atoms with E-state index in [2.05, 4.69) is 63.0 Å². The van der Waals surface area contributed by atoms with Crippen LogP contribution in [0.15, 0.2) is 48.7 Å². The van der Waals surface area contributed by atoms with E-state index in [0.717, 1.165) is 41.9 Å². The van der Waals surface area contributed by atoms with Crippen molar-refractivity contribution >= 4 is 22.3 Å². The van der Waals surface area contributed by atoms with Gasteiger partial charge >= 0.3 is 0 Å². The number of pyridine rings is 1. The number of benzene rings is 2. The average Bonchev–Trinajstić information content (AvgIpc) is 3.37. The first-order valence-electron chi connectivity index (χ1n) is 11.6. The largest absolute Gasteiger partial charge is 0.368 e. The molecule has 0 spiro atoms. The van der Waals surface area contributed by atoms with Gasteiger partial charge < -0.3 is 15.5 Å². The van der Waals surface area contributed by atoms with Gasteiger partial charge in [-0.05, 0) is 54.4 Å². The van der Waals surface area contributed by atoms with E-state index in [1.165, 1.54) is 11.1 Å². The van der Waals surface area contributed by atoms with Crippen molar-refractivity contribution in [3.63, 3.8) is 0 Å². The lowest BCUT2D eigenvalue weighted by Gasteiger charge is -2.43. The summed E-state index contributed by atoms with van der Waals surface area (Å²) in [5.74, 6) is 0. The Morgan fingerprint density at radius 2 is 1.97 bits per heavy atom. The molecule has 6 rings (SSSR count). The molecule has 0 aliphatic carbocycles. The van der Waals surface area contributed by atoms with Crippen LogP contribution in [0.4, 0.5) is 15.8 Å². The van der Waals surface area contributed by atoms with Crippen molar-refractivity contribution in [1.29, 1.82) is 5.26 Å². The number of rotatable bonds is 2. The van der Waals surface area contributed by atoms with Crippen LogP contribution in [0.5, 0.6) is 0 Å². The molecule has 7 heteroatoms. The quantitative estimate of drug-likeness (QED) is 0.656. The maximum absolute atomic E-state index is 14.0. The van der Waals surface area contributed by atoms with Gasteiger partial charge in [0.05, 0.1) is 29.7 Å². The molecule has 0 saturated carbocycles. The third kappa shape index (κ3) is 3.25. The molecule has 33 heavy (non-hydrogen) atoms. The lowest BCUT2D eigenvalue weighted by atomic mass is 9.99. The van der Waals surface area contributed by atoms with Gasteiger partial charge in [-0.3, -0.25) is 9.88 Å². The summed E-state index contributed by atoms with van der Waals surface area (Å²) in [6.07, 6.45) is 0.784. The van der Waals surface area contributed by atoms with Gasteiger partial charge in [0.15, 0.2) is 0 Å². The van der Waals surface area contributed by atoms with Crippen molar-refractivity contribution in [2.45, 2.75) is 37.8 Å². The molecule has 3 aliphatic rings. The fraction of sp³-hybridized carbons (Fsp3) is 0.385. The van der Waals surface area contributed by atoms with Crippen molar-refractivity contribution in [3.8, 4) is 6.07 Å². The fourth-order valence-corrected chi connectivity index (χ4v) is 5.83. The Labute approximate surface area is 193 Å². The molecular weight excluding hydrogens is 415 g/mol. The van der Waals surface area contributed by atoms with Gasteiger partial charge in [0.2, 0.25) is 0 Å². The van der Waals surface area contributed by atoms with E-state index in [1.54, 1.807) is 6.20 Å². The van der Waals surface area contributed by atoms with Crippen LogP contribution in [0, 0.1) is 11.3 Å². The highest BCUT2D eigenvalue weighted by Crippen LogP contribution is 2.42. The Kier molecular flexibility index (Phi) is 4.75. The van der Waals surface area contributed by atoms with Crippen LogP contribution < -0.4 is 15.5 Å². The fourth-order valence-electron chi connectivity index (χ4n) is 5.83. The van der Waals surface area contributed by atoms with Crippen LogP contribution >= 0.6 is 0 Å². The molecule has 4 heterocycles. The van der Waals surface area contributed by atoms with Crippen LogP contribution in [0.25, 0.3) is 10.9 Å². The second-order valence-corrected chi connectivity index (χ2v) is 9.55. The number of hydrogen-bond acceptors (Lipinski definition) is 6. The lowest BCUT2D eigenvalue weighted by molar-refractivity contribution is 0.134. The van der Waals surface area contributed by atoms with Gasteiger partial charge in [-0.1, -0.05) is 6.07 Å². The molecule has 2 saturated heterocycles. The maximum atomic E-state index is 14.0. The second kappa shape index (κ2) is 7.68. The second-order valence-electron chi connectivity index (χ2n) is 9.55. The van der Waals surface area contributed by atoms with Crippen LogP contribution in [0.3, 0.4) is 0 Å². The van der Waals surface area contributed by atoms with Gasteiger partial charge in [-0.2, -0.15) is 5.26 Å². The maximum Gasteiger partial charge on any atom is 0.134 e. The molecule has 0 radical (unpaired) electrons. The third-order valence-corrected chi connectivity index (χ3v) is 7.55. The molecule has 1 aromatic heterocycles. The molecule has 0 bridgehead atoms. The summed E-state index contributed by atoms with van der Waals surface area (Å²) in [4.78, 5) is 11.6. The number of hydrogen-bond donors (Lipinski definition) is 1. The van der Waals surface area contributed by atoms with Gasteiger partial charge in [-0.25, -0.2) is 4.39 Å². The number of fused-ring (bicyclic) bond motifs is 4. The zero-order valence-electron chi connectivity index (χ0n) is 18.7. The standard InChI is InChI=1S/C26H27FN6/c1-16-11-32(24-7-4-17(10-28)26-21(24)3-2-8-30-26)15-25-20-6-5-19(9-18(20)12-33(16)25)31-13-22(27)23(29)14-31/h2-9,16,22-23,25H,11-15,29H2,1H3/t16-,22+,23-,25-/m1/s1. The first-order chi connectivity index (χ1) is 16.0. The summed E-state index contributed by atoms with van der Waals surface area (Å²) in [5, 5.41) is 10.5. The monoisotopic (exact) mass is 442 g/mol. The Hall–Kier alpha value is -3.21. The minimum absolute atomic E-state index is 0.301. The zero-order chi connectivity index (χ0) is 22.7. The highest BCUT2D eigenvalue weighted by Gasteiger charge is 2.40. The van der Waals surface area contributed by atoms with E-state index < -0.39 is 12.2 Å². The molecule has 0 amide bonds. The highest BCUT2D eigenvalue weighted by atomic mass is 19.1. The van der Waals surface area contributed by atoms with Crippen molar-refractivity contribution < 1.29 is 4.39 Å². The highest BCUT2D eigenvalue weighted by molar-refractivity contribution is 5.95. The number of alkyl halides is 1. The van der Waals surface area contributed by atoms with Crippen molar-refractivity contribution in [1.82, 2.24) is 9.88 Å². The van der Waals surface area contributed by atoms with Crippen LogP contribution in [-0.4, -0.2) is 54.3 Å². The molecule has 2 aromatic carbocycles. The van der Waals surface area contributed by atoms with Crippen molar-refractivity contribution in [2.75, 3.05) is 36.0 Å². The van der Waals surface area contributed by atoms with E-state index in [0.29, 0.717) is 30.7 Å². The molecule has 4 atom stereocenters. The summed E-state index contributed by atoms with van der Waals surface area (Å²) < 4.78 is 14.0. The van der Waals surface area contributed by atoms with Crippen molar-refractivity contribution in [2.24, 2.45) is 5.73 Å². The summed E-state index contributed by atoms with van der Waals surface area (Å²) in [6.45, 7) is 5.93. The van der Waals surface area contributed by atoms with Gasteiger partial charge in [0.1, 0.15) is 12.2 Å². The lowest BCUT2D eigenvalue weighted by Crippen LogP contribution is -2.51. The number of aromatic nitrogens is 1. The van der Waals surface area contributed by atoms with Crippen LogP contribution in [-0.2, 0) is 6.54 Å². The molecule has 6 nitrogen and oxygen atoms in total. The first kappa shape index (κ1) is 20.4. The molecule has 168 valence electrons. The van der Waals surface area contributed by atoms with Crippen molar-refractivity contribution in [3.05, 3.63) is 65.4 Å². The normalized spacial score (nSPS) is 27.0. The summed E-state index contributed by atoms with van der Waals surface area (Å²) >= 11 is 0. The van der Waals surface area contributed by atoms with Gasteiger partial charge in [-0.15, -0.1) is 0 Å². The number of halogens is 1. The number of anilines is 2. The van der Waals surface area contributed by atoms with E-state index in [1.807, 2.05) is 12.1 Å². The summed E-state index contributed by atoms with van der Waals surface area (Å²) in [5.41, 5.74) is 12.2. The van der Waals surface area contributed by atoms with Gasteiger partial charge in [0, 0.05) is 55.2 Å². The minimum atomic E-state index is -0.963. The Bertz CT molecular complexity index is 1260. The molecule has 3 aromatic rings. The molecular formula is C26H27FN6. The number of nitrogens with two attached hydrogens (primary N) is 1. The Morgan fingerprint density at radius 3 is 2.76 bits per heavy atom. The van der Waals surface area contributed by atoms with Crippen LogP contribution in [0.2, 0.25) is 0 Å². The predicted molar refractivity (Wildman–Crippen MR) is 128 cm³/mol. The summed E-state index contributed by atoms with van der Waals surface area (Å²) in [6, 6.07) is 17.1. The topological polar surface area (TPSA) is 72.4 Å². The molecule has 3 aliphatic heterocycles.